The molecule has 0 amide bonds. The highest BCUT2D eigenvalue weighted by molar-refractivity contribution is 5.75. The van der Waals surface area contributed by atoms with Gasteiger partial charge in [-0.25, -0.2) is 4.79 Å². The van der Waals surface area contributed by atoms with E-state index in [-0.39, 0.29) is 11.8 Å². The summed E-state index contributed by atoms with van der Waals surface area (Å²) < 4.78 is 0.616. The van der Waals surface area contributed by atoms with Crippen LogP contribution in [0, 0.1) is 0 Å². The normalized spacial score (nSPS) is 12.4. The van der Waals surface area contributed by atoms with Gasteiger partial charge >= 0.3 is 5.97 Å². The Hall–Kier alpha value is -1.73. The maximum Gasteiger partial charge on any atom is 0.349 e. The number of carbonyl (C=O) groups excluding carboxylic acids is 1. The van der Waals surface area contributed by atoms with Gasteiger partial charge in [-0.05, 0) is 19.4 Å². The highest BCUT2D eigenvalue weighted by Crippen LogP contribution is 2.18. The molecule has 6 N–H and O–H groups in total. The minimum Gasteiger partial charge on any atom is -0.492 e. The zero-order valence-corrected chi connectivity index (χ0v) is 9.37. The fourth-order valence-electron chi connectivity index (χ4n) is 1.28. The second-order valence-electron chi connectivity index (χ2n) is 3.65. The Morgan fingerprint density at radius 3 is 2.47 bits per heavy atom. The Morgan fingerprint density at radius 2 is 1.94 bits per heavy atom. The Kier molecular flexibility index (Phi) is 4.80. The van der Waals surface area contributed by atoms with Crippen molar-refractivity contribution in [1.82, 2.24) is 4.73 Å². The Morgan fingerprint density at radius 1 is 1.35 bits per heavy atom. The van der Waals surface area contributed by atoms with Crippen molar-refractivity contribution in [2.75, 3.05) is 6.54 Å². The lowest BCUT2D eigenvalue weighted by Crippen LogP contribution is -2.37. The molecule has 0 saturated carbocycles. The van der Waals surface area contributed by atoms with Gasteiger partial charge in [0, 0.05) is 12.1 Å². The predicted molar refractivity (Wildman–Crippen MR) is 60.2 cm³/mol. The van der Waals surface area contributed by atoms with Crippen molar-refractivity contribution in [3.8, 4) is 11.8 Å². The molecule has 17 heavy (non-hydrogen) atoms. The first-order valence-corrected chi connectivity index (χ1v) is 5.33. The minimum absolute atomic E-state index is 0.370. The molecule has 1 atom stereocenters. The highest BCUT2D eigenvalue weighted by atomic mass is 16.7. The standard InChI is InChI=1S/C10H17N3O4/c11-6-2-1-3-7(12)10(16)17-13-8(14)4-5-9(13)15/h4-5,7,14-15H,1-3,6,11-12H2/t7-/m0/s1. The molecule has 7 heteroatoms. The summed E-state index contributed by atoms with van der Waals surface area (Å²) in [6, 6.07) is 1.59. The van der Waals surface area contributed by atoms with Crippen LogP contribution in [0.3, 0.4) is 0 Å². The van der Waals surface area contributed by atoms with Crippen molar-refractivity contribution in [2.45, 2.75) is 25.3 Å². The van der Waals surface area contributed by atoms with Crippen LogP contribution in [-0.2, 0) is 4.79 Å². The largest absolute Gasteiger partial charge is 0.492 e. The highest BCUT2D eigenvalue weighted by Gasteiger charge is 2.18. The van der Waals surface area contributed by atoms with Crippen LogP contribution < -0.4 is 16.3 Å². The lowest BCUT2D eigenvalue weighted by Gasteiger charge is -2.11. The maximum atomic E-state index is 11.5. The topological polar surface area (TPSA) is 124 Å². The molecular weight excluding hydrogens is 226 g/mol. The van der Waals surface area contributed by atoms with E-state index in [1.54, 1.807) is 0 Å². The van der Waals surface area contributed by atoms with Gasteiger partial charge in [-0.2, -0.15) is 0 Å². The molecular formula is C10H17N3O4. The molecule has 0 saturated heterocycles. The molecule has 0 fully saturated rings. The van der Waals surface area contributed by atoms with E-state index in [2.05, 4.69) is 0 Å². The van der Waals surface area contributed by atoms with Crippen molar-refractivity contribution < 1.29 is 19.8 Å². The molecule has 1 heterocycles. The molecule has 0 aliphatic carbocycles. The number of aromatic hydroxyl groups is 2. The molecule has 0 radical (unpaired) electrons. The smallest absolute Gasteiger partial charge is 0.349 e. The van der Waals surface area contributed by atoms with E-state index < -0.39 is 12.0 Å². The summed E-state index contributed by atoms with van der Waals surface area (Å²) >= 11 is 0. The van der Waals surface area contributed by atoms with Crippen molar-refractivity contribution >= 4 is 5.97 Å². The fourth-order valence-corrected chi connectivity index (χ4v) is 1.28. The van der Waals surface area contributed by atoms with Crippen LogP contribution in [0.15, 0.2) is 12.1 Å². The maximum absolute atomic E-state index is 11.5. The molecule has 0 aliphatic heterocycles. The zero-order valence-electron chi connectivity index (χ0n) is 9.37. The molecule has 0 bridgehead atoms. The summed E-state index contributed by atoms with van der Waals surface area (Å²) in [5.41, 5.74) is 10.9. The summed E-state index contributed by atoms with van der Waals surface area (Å²) in [6.45, 7) is 0.543. The molecule has 1 aromatic rings. The second kappa shape index (κ2) is 6.12. The number of nitrogens with two attached hydrogens (primary N) is 2. The van der Waals surface area contributed by atoms with E-state index in [1.807, 2.05) is 0 Å². The quantitative estimate of drug-likeness (QED) is 0.490. The zero-order chi connectivity index (χ0) is 12.8. The van der Waals surface area contributed by atoms with Gasteiger partial charge < -0.3 is 26.5 Å². The number of hydrogen-bond donors (Lipinski definition) is 4. The van der Waals surface area contributed by atoms with Gasteiger partial charge in [0.25, 0.3) is 0 Å². The lowest BCUT2D eigenvalue weighted by molar-refractivity contribution is -0.147. The second-order valence-corrected chi connectivity index (χ2v) is 3.65. The molecule has 1 rings (SSSR count). The van der Waals surface area contributed by atoms with Gasteiger partial charge in [-0.15, -0.1) is 4.73 Å². The first-order valence-electron chi connectivity index (χ1n) is 5.33. The van der Waals surface area contributed by atoms with Crippen LogP contribution >= 0.6 is 0 Å². The average Bonchev–Trinajstić information content (AvgIpc) is 2.61. The van der Waals surface area contributed by atoms with Gasteiger partial charge in [0.2, 0.25) is 11.8 Å². The molecule has 7 nitrogen and oxygen atoms in total. The minimum atomic E-state index is -0.803. The summed E-state index contributed by atoms with van der Waals surface area (Å²) in [6.07, 6.45) is 1.94. The Balaban J connectivity index is 2.48. The van der Waals surface area contributed by atoms with Crippen molar-refractivity contribution in [3.63, 3.8) is 0 Å². The molecule has 96 valence electrons. The third-order valence-corrected chi connectivity index (χ3v) is 2.25. The first-order chi connectivity index (χ1) is 8.06. The Labute approximate surface area is 98.5 Å². The molecule has 0 spiro atoms. The summed E-state index contributed by atoms with van der Waals surface area (Å²) in [5, 5.41) is 18.5. The van der Waals surface area contributed by atoms with Gasteiger partial charge in [0.1, 0.15) is 6.04 Å². The van der Waals surface area contributed by atoms with E-state index in [9.17, 15) is 15.0 Å². The van der Waals surface area contributed by atoms with Gasteiger partial charge in [-0.1, -0.05) is 6.42 Å². The summed E-state index contributed by atoms with van der Waals surface area (Å²) in [5.74, 6) is -1.46. The van der Waals surface area contributed by atoms with Crippen LogP contribution in [0.1, 0.15) is 19.3 Å². The molecule has 0 aliphatic rings. The lowest BCUT2D eigenvalue weighted by atomic mass is 10.1. The van der Waals surface area contributed by atoms with Crippen LogP contribution in [0.25, 0.3) is 0 Å². The monoisotopic (exact) mass is 243 g/mol. The van der Waals surface area contributed by atoms with Crippen molar-refractivity contribution in [3.05, 3.63) is 12.1 Å². The van der Waals surface area contributed by atoms with E-state index in [0.717, 1.165) is 12.8 Å². The van der Waals surface area contributed by atoms with Gasteiger partial charge in [0.15, 0.2) is 0 Å². The van der Waals surface area contributed by atoms with E-state index in [1.165, 1.54) is 12.1 Å². The van der Waals surface area contributed by atoms with E-state index in [4.69, 9.17) is 16.3 Å². The summed E-state index contributed by atoms with van der Waals surface area (Å²) in [4.78, 5) is 16.2. The average molecular weight is 243 g/mol. The number of aromatic nitrogens is 1. The molecule has 0 unspecified atom stereocenters. The SMILES string of the molecule is NCCCC[C@H](N)C(=O)On1c(O)ccc1O. The molecule has 1 aromatic heterocycles. The van der Waals surface area contributed by atoms with Crippen molar-refractivity contribution in [1.29, 1.82) is 0 Å². The number of nitrogens with zero attached hydrogens (tertiary/aromatic N) is 1. The third kappa shape index (κ3) is 3.65. The molecule has 0 aromatic carbocycles. The fraction of sp³-hybridized carbons (Fsp3) is 0.500. The van der Waals surface area contributed by atoms with Gasteiger partial charge in [-0.3, -0.25) is 0 Å². The van der Waals surface area contributed by atoms with Crippen molar-refractivity contribution in [2.24, 2.45) is 11.5 Å². The van der Waals surface area contributed by atoms with Gasteiger partial charge in [0.05, 0.1) is 0 Å². The van der Waals surface area contributed by atoms with Crippen LogP contribution in [0.5, 0.6) is 11.8 Å². The Bertz CT molecular complexity index is 358. The van der Waals surface area contributed by atoms with Crippen LogP contribution in [-0.4, -0.2) is 33.5 Å². The van der Waals surface area contributed by atoms with E-state index in [0.29, 0.717) is 17.7 Å². The van der Waals surface area contributed by atoms with Crippen LogP contribution in [0.2, 0.25) is 0 Å². The summed E-state index contributed by atoms with van der Waals surface area (Å²) in [7, 11) is 0. The number of rotatable bonds is 6. The number of carbonyl (C=O) groups is 1. The van der Waals surface area contributed by atoms with E-state index >= 15 is 0 Å². The number of hydrogen-bond acceptors (Lipinski definition) is 6. The van der Waals surface area contributed by atoms with Crippen LogP contribution in [0.4, 0.5) is 0 Å². The predicted octanol–water partition coefficient (Wildman–Crippen LogP) is -0.689. The first kappa shape index (κ1) is 13.3. The third-order valence-electron chi connectivity index (χ3n) is 2.25. The number of unbranched alkanes of at least 4 members (excludes halogenated alkanes) is 1.